The predicted octanol–water partition coefficient (Wildman–Crippen LogP) is 2.76. The Bertz CT molecular complexity index is 404. The maximum atomic E-state index is 13.2. The molecule has 1 aromatic carbocycles. The molecular weight excluding hydrogens is 221 g/mol. The second kappa shape index (κ2) is 5.01. The van der Waals surface area contributed by atoms with Crippen molar-refractivity contribution in [1.29, 1.82) is 0 Å². The van der Waals surface area contributed by atoms with Gasteiger partial charge in [-0.25, -0.2) is 13.2 Å². The highest BCUT2D eigenvalue weighted by molar-refractivity contribution is 5.67. The van der Waals surface area contributed by atoms with Crippen molar-refractivity contribution in [3.8, 4) is 0 Å². The Morgan fingerprint density at radius 3 is 2.38 bits per heavy atom. The molecule has 88 valence electrons. The summed E-state index contributed by atoms with van der Waals surface area (Å²) in [5.74, 6) is -4.56. The molecule has 0 spiro atoms. The van der Waals surface area contributed by atoms with Crippen LogP contribution in [0.2, 0.25) is 0 Å². The van der Waals surface area contributed by atoms with Gasteiger partial charge in [-0.1, -0.05) is 6.92 Å². The molecule has 0 aliphatic heterocycles. The SMILES string of the molecule is CC(CC(=O)O)Cc1cc(F)c(F)cc1F. The summed E-state index contributed by atoms with van der Waals surface area (Å²) in [5.41, 5.74) is -0.00681. The fraction of sp³-hybridized carbons (Fsp3) is 0.364. The van der Waals surface area contributed by atoms with Crippen LogP contribution in [0.1, 0.15) is 18.9 Å². The van der Waals surface area contributed by atoms with Crippen molar-refractivity contribution in [3.05, 3.63) is 35.1 Å². The quantitative estimate of drug-likeness (QED) is 0.810. The topological polar surface area (TPSA) is 37.3 Å². The van der Waals surface area contributed by atoms with Gasteiger partial charge in [-0.2, -0.15) is 0 Å². The third-order valence-corrected chi connectivity index (χ3v) is 2.18. The van der Waals surface area contributed by atoms with E-state index < -0.39 is 23.4 Å². The van der Waals surface area contributed by atoms with Gasteiger partial charge in [-0.3, -0.25) is 4.79 Å². The van der Waals surface area contributed by atoms with Crippen LogP contribution in [0.25, 0.3) is 0 Å². The van der Waals surface area contributed by atoms with Gasteiger partial charge >= 0.3 is 5.97 Å². The van der Waals surface area contributed by atoms with Crippen molar-refractivity contribution >= 4 is 5.97 Å². The molecule has 0 amide bonds. The molecule has 0 saturated heterocycles. The summed E-state index contributed by atoms with van der Waals surface area (Å²) >= 11 is 0. The number of hydrogen-bond donors (Lipinski definition) is 1. The van der Waals surface area contributed by atoms with E-state index in [1.54, 1.807) is 6.92 Å². The first-order valence-corrected chi connectivity index (χ1v) is 4.75. The van der Waals surface area contributed by atoms with Crippen LogP contribution in [0.3, 0.4) is 0 Å². The van der Waals surface area contributed by atoms with E-state index in [1.807, 2.05) is 0 Å². The number of rotatable bonds is 4. The number of carbonyl (C=O) groups is 1. The van der Waals surface area contributed by atoms with E-state index >= 15 is 0 Å². The third kappa shape index (κ3) is 3.25. The third-order valence-electron chi connectivity index (χ3n) is 2.18. The lowest BCUT2D eigenvalue weighted by atomic mass is 9.97. The lowest BCUT2D eigenvalue weighted by Crippen LogP contribution is -2.08. The van der Waals surface area contributed by atoms with Crippen LogP contribution < -0.4 is 0 Å². The second-order valence-corrected chi connectivity index (χ2v) is 3.76. The molecule has 0 aliphatic carbocycles. The molecule has 1 aromatic rings. The molecule has 1 N–H and O–H groups in total. The number of halogens is 3. The molecule has 0 heterocycles. The van der Waals surface area contributed by atoms with Crippen LogP contribution in [0.4, 0.5) is 13.2 Å². The van der Waals surface area contributed by atoms with E-state index in [-0.39, 0.29) is 24.3 Å². The van der Waals surface area contributed by atoms with Crippen molar-refractivity contribution < 1.29 is 23.1 Å². The molecule has 1 unspecified atom stereocenters. The number of carboxylic acid groups (broad SMARTS) is 1. The van der Waals surface area contributed by atoms with Crippen LogP contribution in [-0.2, 0) is 11.2 Å². The molecule has 0 aromatic heterocycles. The Kier molecular flexibility index (Phi) is 3.93. The van der Waals surface area contributed by atoms with E-state index in [9.17, 15) is 18.0 Å². The molecule has 0 aliphatic rings. The molecule has 0 bridgehead atoms. The highest BCUT2D eigenvalue weighted by atomic mass is 19.2. The fourth-order valence-electron chi connectivity index (χ4n) is 1.47. The summed E-state index contributed by atoms with van der Waals surface area (Å²) in [4.78, 5) is 10.4. The van der Waals surface area contributed by atoms with Crippen molar-refractivity contribution in [2.75, 3.05) is 0 Å². The van der Waals surface area contributed by atoms with Crippen molar-refractivity contribution in [2.24, 2.45) is 5.92 Å². The van der Waals surface area contributed by atoms with Gasteiger partial charge < -0.3 is 5.11 Å². The normalized spacial score (nSPS) is 12.5. The first-order valence-electron chi connectivity index (χ1n) is 4.75. The maximum Gasteiger partial charge on any atom is 0.303 e. The summed E-state index contributed by atoms with van der Waals surface area (Å²) < 4.78 is 38.6. The van der Waals surface area contributed by atoms with Crippen LogP contribution in [-0.4, -0.2) is 11.1 Å². The number of carboxylic acids is 1. The molecule has 0 radical (unpaired) electrons. The highest BCUT2D eigenvalue weighted by Crippen LogP contribution is 2.18. The van der Waals surface area contributed by atoms with Gasteiger partial charge in [0.1, 0.15) is 5.82 Å². The maximum absolute atomic E-state index is 13.2. The van der Waals surface area contributed by atoms with Gasteiger partial charge in [-0.15, -0.1) is 0 Å². The second-order valence-electron chi connectivity index (χ2n) is 3.76. The highest BCUT2D eigenvalue weighted by Gasteiger charge is 2.14. The van der Waals surface area contributed by atoms with E-state index in [0.717, 1.165) is 6.07 Å². The van der Waals surface area contributed by atoms with Crippen molar-refractivity contribution in [2.45, 2.75) is 19.8 Å². The Labute approximate surface area is 90.7 Å². The van der Waals surface area contributed by atoms with Gasteiger partial charge in [0.15, 0.2) is 11.6 Å². The summed E-state index contributed by atoms with van der Waals surface area (Å²) in [6.07, 6.45) is -0.0756. The molecule has 5 heteroatoms. The van der Waals surface area contributed by atoms with Gasteiger partial charge in [-0.05, 0) is 24.0 Å². The minimum atomic E-state index is -1.24. The molecule has 1 rings (SSSR count). The van der Waals surface area contributed by atoms with Crippen LogP contribution >= 0.6 is 0 Å². The minimum absolute atomic E-state index is 0.00681. The van der Waals surface area contributed by atoms with E-state index in [0.29, 0.717) is 6.07 Å². The summed E-state index contributed by atoms with van der Waals surface area (Å²) in [7, 11) is 0. The summed E-state index contributed by atoms with van der Waals surface area (Å²) in [5, 5.41) is 8.50. The van der Waals surface area contributed by atoms with Crippen LogP contribution in [0.15, 0.2) is 12.1 Å². The van der Waals surface area contributed by atoms with E-state index in [4.69, 9.17) is 5.11 Å². The summed E-state index contributed by atoms with van der Waals surface area (Å²) in [6.45, 7) is 1.61. The first kappa shape index (κ1) is 12.5. The number of benzene rings is 1. The van der Waals surface area contributed by atoms with Crippen LogP contribution in [0.5, 0.6) is 0 Å². The molecule has 0 fully saturated rings. The van der Waals surface area contributed by atoms with Gasteiger partial charge in [0.05, 0.1) is 0 Å². The van der Waals surface area contributed by atoms with E-state index in [2.05, 4.69) is 0 Å². The minimum Gasteiger partial charge on any atom is -0.481 e. The zero-order chi connectivity index (χ0) is 12.3. The predicted molar refractivity (Wildman–Crippen MR) is 51.4 cm³/mol. The standard InChI is InChI=1S/C11H11F3O2/c1-6(3-11(15)16)2-7-4-9(13)10(14)5-8(7)12/h4-6H,2-3H2,1H3,(H,15,16). The largest absolute Gasteiger partial charge is 0.481 e. The average molecular weight is 232 g/mol. The Hall–Kier alpha value is -1.52. The Morgan fingerprint density at radius 2 is 1.81 bits per heavy atom. The van der Waals surface area contributed by atoms with E-state index in [1.165, 1.54) is 0 Å². The van der Waals surface area contributed by atoms with Crippen molar-refractivity contribution in [1.82, 2.24) is 0 Å². The van der Waals surface area contributed by atoms with Crippen molar-refractivity contribution in [3.63, 3.8) is 0 Å². The molecular formula is C11H11F3O2. The lowest BCUT2D eigenvalue weighted by molar-refractivity contribution is -0.137. The number of aliphatic carboxylic acids is 1. The summed E-state index contributed by atoms with van der Waals surface area (Å²) in [6, 6.07) is 1.24. The molecule has 2 nitrogen and oxygen atoms in total. The van der Waals surface area contributed by atoms with Crippen LogP contribution in [0, 0.1) is 23.4 Å². The zero-order valence-corrected chi connectivity index (χ0v) is 8.64. The Balaban J connectivity index is 2.81. The smallest absolute Gasteiger partial charge is 0.303 e. The fourth-order valence-corrected chi connectivity index (χ4v) is 1.47. The average Bonchev–Trinajstić information content (AvgIpc) is 2.12. The molecule has 0 saturated carbocycles. The number of hydrogen-bond acceptors (Lipinski definition) is 1. The lowest BCUT2D eigenvalue weighted by Gasteiger charge is -2.09. The van der Waals surface area contributed by atoms with Gasteiger partial charge in [0, 0.05) is 12.5 Å². The molecule has 16 heavy (non-hydrogen) atoms. The van der Waals surface area contributed by atoms with Gasteiger partial charge in [0.2, 0.25) is 0 Å². The zero-order valence-electron chi connectivity index (χ0n) is 8.64. The van der Waals surface area contributed by atoms with Gasteiger partial charge in [0.25, 0.3) is 0 Å². The monoisotopic (exact) mass is 232 g/mol. The molecule has 1 atom stereocenters. The first-order chi connectivity index (χ1) is 7.40. The Morgan fingerprint density at radius 1 is 1.25 bits per heavy atom.